The van der Waals surface area contributed by atoms with Crippen molar-refractivity contribution < 1.29 is 14.3 Å². The number of para-hydroxylation sites is 2. The molecule has 4 heteroatoms. The molecule has 120 valence electrons. The lowest BCUT2D eigenvalue weighted by atomic mass is 10.2. The van der Waals surface area contributed by atoms with Crippen LogP contribution in [0.25, 0.3) is 6.08 Å². The van der Waals surface area contributed by atoms with Gasteiger partial charge in [0.05, 0.1) is 13.7 Å². The molecule has 0 radical (unpaired) electrons. The molecule has 0 aliphatic heterocycles. The number of methoxy groups -OCH3 is 1. The van der Waals surface area contributed by atoms with Gasteiger partial charge in [0.1, 0.15) is 11.5 Å². The van der Waals surface area contributed by atoms with Gasteiger partial charge in [-0.15, -0.1) is 0 Å². The van der Waals surface area contributed by atoms with E-state index in [0.29, 0.717) is 13.2 Å². The standard InChI is InChI=1S/C19H21NO3/c1-3-23-18-11-7-5-9-16(18)14-20-19(21)13-12-15-8-4-6-10-17(15)22-2/h4-13H,3,14H2,1-2H3,(H,20,21)/b13-12+. The maximum absolute atomic E-state index is 12.0. The normalized spacial score (nSPS) is 10.5. The molecule has 0 bridgehead atoms. The maximum atomic E-state index is 12.0. The van der Waals surface area contributed by atoms with E-state index in [-0.39, 0.29) is 5.91 Å². The summed E-state index contributed by atoms with van der Waals surface area (Å²) < 4.78 is 10.8. The lowest BCUT2D eigenvalue weighted by molar-refractivity contribution is -0.116. The van der Waals surface area contributed by atoms with Crippen LogP contribution in [-0.2, 0) is 11.3 Å². The first-order valence-corrected chi connectivity index (χ1v) is 7.54. The highest BCUT2D eigenvalue weighted by molar-refractivity contribution is 5.92. The first-order chi connectivity index (χ1) is 11.2. The van der Waals surface area contributed by atoms with Crippen molar-refractivity contribution in [3.05, 3.63) is 65.7 Å². The fourth-order valence-electron chi connectivity index (χ4n) is 2.16. The van der Waals surface area contributed by atoms with Crippen LogP contribution in [0.1, 0.15) is 18.1 Å². The van der Waals surface area contributed by atoms with Crippen LogP contribution in [0.4, 0.5) is 0 Å². The van der Waals surface area contributed by atoms with Gasteiger partial charge in [-0.1, -0.05) is 36.4 Å². The maximum Gasteiger partial charge on any atom is 0.244 e. The summed E-state index contributed by atoms with van der Waals surface area (Å²) in [6, 6.07) is 15.2. The van der Waals surface area contributed by atoms with Gasteiger partial charge in [-0.05, 0) is 25.1 Å². The van der Waals surface area contributed by atoms with Gasteiger partial charge in [0.15, 0.2) is 0 Å². The number of ether oxygens (including phenoxy) is 2. The van der Waals surface area contributed by atoms with Gasteiger partial charge in [-0.2, -0.15) is 0 Å². The van der Waals surface area contributed by atoms with E-state index in [0.717, 1.165) is 22.6 Å². The Hall–Kier alpha value is -2.75. The Morgan fingerprint density at radius 3 is 2.52 bits per heavy atom. The second-order valence-electron chi connectivity index (χ2n) is 4.83. The summed E-state index contributed by atoms with van der Waals surface area (Å²) in [7, 11) is 1.61. The van der Waals surface area contributed by atoms with Crippen LogP contribution in [0.3, 0.4) is 0 Å². The minimum Gasteiger partial charge on any atom is -0.496 e. The van der Waals surface area contributed by atoms with Crippen molar-refractivity contribution >= 4 is 12.0 Å². The second kappa shape index (κ2) is 8.63. The van der Waals surface area contributed by atoms with Crippen LogP contribution >= 0.6 is 0 Å². The number of rotatable bonds is 7. The van der Waals surface area contributed by atoms with E-state index in [1.807, 2.05) is 55.5 Å². The molecule has 0 saturated carbocycles. The zero-order valence-corrected chi connectivity index (χ0v) is 13.4. The molecule has 0 aliphatic rings. The molecule has 0 heterocycles. The molecule has 2 rings (SSSR count). The quantitative estimate of drug-likeness (QED) is 0.797. The molecule has 0 spiro atoms. The van der Waals surface area contributed by atoms with Gasteiger partial charge in [0.2, 0.25) is 5.91 Å². The van der Waals surface area contributed by atoms with Crippen molar-refractivity contribution in [3.63, 3.8) is 0 Å². The number of carbonyl (C=O) groups excluding carboxylic acids is 1. The molecule has 1 amide bonds. The predicted molar refractivity (Wildman–Crippen MR) is 91.5 cm³/mol. The molecular formula is C19H21NO3. The van der Waals surface area contributed by atoms with Crippen molar-refractivity contribution in [1.82, 2.24) is 5.32 Å². The van der Waals surface area contributed by atoms with Crippen LogP contribution < -0.4 is 14.8 Å². The summed E-state index contributed by atoms with van der Waals surface area (Å²) in [6.45, 7) is 2.95. The highest BCUT2D eigenvalue weighted by Gasteiger charge is 2.04. The Kier molecular flexibility index (Phi) is 6.24. The fraction of sp³-hybridized carbons (Fsp3) is 0.211. The highest BCUT2D eigenvalue weighted by atomic mass is 16.5. The van der Waals surface area contributed by atoms with Crippen LogP contribution in [0.15, 0.2) is 54.6 Å². The minimum atomic E-state index is -0.165. The minimum absolute atomic E-state index is 0.165. The molecule has 0 saturated heterocycles. The first kappa shape index (κ1) is 16.6. The van der Waals surface area contributed by atoms with E-state index in [2.05, 4.69) is 5.32 Å². The van der Waals surface area contributed by atoms with Crippen LogP contribution in [0.5, 0.6) is 11.5 Å². The van der Waals surface area contributed by atoms with Crippen molar-refractivity contribution in [2.45, 2.75) is 13.5 Å². The molecule has 0 fully saturated rings. The van der Waals surface area contributed by atoms with Crippen molar-refractivity contribution in [1.29, 1.82) is 0 Å². The third-order valence-electron chi connectivity index (χ3n) is 3.28. The summed E-state index contributed by atoms with van der Waals surface area (Å²) in [4.78, 5) is 12.0. The molecule has 23 heavy (non-hydrogen) atoms. The highest BCUT2D eigenvalue weighted by Crippen LogP contribution is 2.19. The molecule has 0 aromatic heterocycles. The Morgan fingerprint density at radius 1 is 1.09 bits per heavy atom. The molecule has 2 aromatic rings. The summed E-state index contributed by atoms with van der Waals surface area (Å²) >= 11 is 0. The largest absolute Gasteiger partial charge is 0.496 e. The lowest BCUT2D eigenvalue weighted by Crippen LogP contribution is -2.20. The predicted octanol–water partition coefficient (Wildman–Crippen LogP) is 3.42. The topological polar surface area (TPSA) is 47.6 Å². The van der Waals surface area contributed by atoms with E-state index in [1.165, 1.54) is 6.08 Å². The number of hydrogen-bond donors (Lipinski definition) is 1. The Balaban J connectivity index is 1.96. The summed E-state index contributed by atoms with van der Waals surface area (Å²) in [5, 5.41) is 2.86. The van der Waals surface area contributed by atoms with Gasteiger partial charge >= 0.3 is 0 Å². The molecule has 0 aliphatic carbocycles. The lowest BCUT2D eigenvalue weighted by Gasteiger charge is -2.10. The van der Waals surface area contributed by atoms with Crippen LogP contribution in [0.2, 0.25) is 0 Å². The fourth-order valence-corrected chi connectivity index (χ4v) is 2.16. The average Bonchev–Trinajstić information content (AvgIpc) is 2.59. The number of hydrogen-bond acceptors (Lipinski definition) is 3. The summed E-state index contributed by atoms with van der Waals surface area (Å²) in [6.07, 6.45) is 3.24. The van der Waals surface area contributed by atoms with E-state index in [1.54, 1.807) is 13.2 Å². The Bertz CT molecular complexity index is 680. The number of nitrogens with one attached hydrogen (secondary N) is 1. The van der Waals surface area contributed by atoms with Crippen molar-refractivity contribution in [2.75, 3.05) is 13.7 Å². The zero-order chi connectivity index (χ0) is 16.5. The number of benzene rings is 2. The van der Waals surface area contributed by atoms with E-state index < -0.39 is 0 Å². The van der Waals surface area contributed by atoms with E-state index >= 15 is 0 Å². The molecule has 4 nitrogen and oxygen atoms in total. The molecule has 1 N–H and O–H groups in total. The van der Waals surface area contributed by atoms with E-state index in [4.69, 9.17) is 9.47 Å². The van der Waals surface area contributed by atoms with Gasteiger partial charge in [-0.25, -0.2) is 0 Å². The first-order valence-electron chi connectivity index (χ1n) is 7.54. The van der Waals surface area contributed by atoms with Crippen LogP contribution in [-0.4, -0.2) is 19.6 Å². The van der Waals surface area contributed by atoms with Gasteiger partial charge < -0.3 is 14.8 Å². The number of carbonyl (C=O) groups is 1. The third-order valence-corrected chi connectivity index (χ3v) is 3.28. The summed E-state index contributed by atoms with van der Waals surface area (Å²) in [5.41, 5.74) is 1.81. The third kappa shape index (κ3) is 4.88. The SMILES string of the molecule is CCOc1ccccc1CNC(=O)/C=C/c1ccccc1OC. The van der Waals surface area contributed by atoms with Crippen molar-refractivity contribution in [3.8, 4) is 11.5 Å². The summed E-state index contributed by atoms with van der Waals surface area (Å²) in [5.74, 6) is 1.37. The zero-order valence-electron chi connectivity index (χ0n) is 13.4. The molecular weight excluding hydrogens is 290 g/mol. The van der Waals surface area contributed by atoms with Gasteiger partial charge in [0, 0.05) is 23.7 Å². The Morgan fingerprint density at radius 2 is 1.78 bits per heavy atom. The Labute approximate surface area is 136 Å². The van der Waals surface area contributed by atoms with E-state index in [9.17, 15) is 4.79 Å². The monoisotopic (exact) mass is 311 g/mol. The smallest absolute Gasteiger partial charge is 0.244 e. The molecule has 0 atom stereocenters. The number of amides is 1. The molecule has 0 unspecified atom stereocenters. The second-order valence-corrected chi connectivity index (χ2v) is 4.83. The van der Waals surface area contributed by atoms with Gasteiger partial charge in [0.25, 0.3) is 0 Å². The van der Waals surface area contributed by atoms with Crippen molar-refractivity contribution in [2.24, 2.45) is 0 Å². The van der Waals surface area contributed by atoms with Gasteiger partial charge in [-0.3, -0.25) is 4.79 Å². The molecule has 2 aromatic carbocycles. The van der Waals surface area contributed by atoms with Crippen LogP contribution in [0, 0.1) is 0 Å². The average molecular weight is 311 g/mol.